The number of hydrogen-bond donors (Lipinski definition) is 1. The molecule has 1 atom stereocenters. The zero-order chi connectivity index (χ0) is 13.9. The third-order valence-electron chi connectivity index (χ3n) is 3.13. The van der Waals surface area contributed by atoms with Crippen molar-refractivity contribution in [1.82, 2.24) is 10.3 Å². The molecule has 1 unspecified atom stereocenters. The van der Waals surface area contributed by atoms with Gasteiger partial charge >= 0.3 is 0 Å². The van der Waals surface area contributed by atoms with Gasteiger partial charge in [-0.1, -0.05) is 6.92 Å². The van der Waals surface area contributed by atoms with Crippen LogP contribution in [0.1, 0.15) is 25.5 Å². The van der Waals surface area contributed by atoms with Crippen molar-refractivity contribution < 1.29 is 8.42 Å². The highest BCUT2D eigenvalue weighted by atomic mass is 32.2. The number of thiophene rings is 1. The maximum absolute atomic E-state index is 11.4. The standard InChI is InChI=1S/C13H18N2O2S2/c1-3-19(16,17)7-5-14-10(2)11-8-13-12(15-9-11)4-6-18-13/h4,6,8-10,14H,3,5,7H2,1-2H3. The van der Waals surface area contributed by atoms with E-state index in [1.54, 1.807) is 18.3 Å². The van der Waals surface area contributed by atoms with Crippen molar-refractivity contribution in [2.24, 2.45) is 0 Å². The van der Waals surface area contributed by atoms with Gasteiger partial charge in [0.05, 0.1) is 16.0 Å². The van der Waals surface area contributed by atoms with Gasteiger partial charge in [0, 0.05) is 24.5 Å². The van der Waals surface area contributed by atoms with Gasteiger partial charge in [-0.3, -0.25) is 4.98 Å². The number of nitrogens with zero attached hydrogens (tertiary/aromatic N) is 1. The summed E-state index contributed by atoms with van der Waals surface area (Å²) in [6.45, 7) is 4.17. The summed E-state index contributed by atoms with van der Waals surface area (Å²) in [5, 5.41) is 5.25. The van der Waals surface area contributed by atoms with Crippen LogP contribution < -0.4 is 5.32 Å². The van der Waals surface area contributed by atoms with Crippen LogP contribution in [-0.2, 0) is 9.84 Å². The fraction of sp³-hybridized carbons (Fsp3) is 0.462. The summed E-state index contributed by atoms with van der Waals surface area (Å²) in [5.41, 5.74) is 2.10. The van der Waals surface area contributed by atoms with Crippen LogP contribution in [0.4, 0.5) is 0 Å². The predicted octanol–water partition coefficient (Wildman–Crippen LogP) is 2.38. The molecule has 2 aromatic heterocycles. The van der Waals surface area contributed by atoms with Gasteiger partial charge in [0.15, 0.2) is 9.84 Å². The number of aromatic nitrogens is 1. The zero-order valence-electron chi connectivity index (χ0n) is 11.1. The molecule has 0 aliphatic heterocycles. The number of sulfone groups is 1. The lowest BCUT2D eigenvalue weighted by molar-refractivity contribution is 0.572. The van der Waals surface area contributed by atoms with Crippen molar-refractivity contribution >= 4 is 31.4 Å². The lowest BCUT2D eigenvalue weighted by atomic mass is 10.1. The van der Waals surface area contributed by atoms with Crippen LogP contribution in [0.25, 0.3) is 10.2 Å². The molecule has 0 aliphatic carbocycles. The van der Waals surface area contributed by atoms with Gasteiger partial charge in [0.2, 0.25) is 0 Å². The van der Waals surface area contributed by atoms with Crippen LogP contribution in [0.2, 0.25) is 0 Å². The van der Waals surface area contributed by atoms with Gasteiger partial charge < -0.3 is 5.32 Å². The molecule has 0 aliphatic rings. The van der Waals surface area contributed by atoms with E-state index < -0.39 is 9.84 Å². The summed E-state index contributed by atoms with van der Waals surface area (Å²) in [6.07, 6.45) is 1.85. The number of hydrogen-bond acceptors (Lipinski definition) is 5. The summed E-state index contributed by atoms with van der Waals surface area (Å²) in [4.78, 5) is 4.39. The van der Waals surface area contributed by atoms with Crippen LogP contribution in [0.5, 0.6) is 0 Å². The van der Waals surface area contributed by atoms with E-state index in [4.69, 9.17) is 0 Å². The lowest BCUT2D eigenvalue weighted by Crippen LogP contribution is -2.26. The zero-order valence-corrected chi connectivity index (χ0v) is 12.7. The molecular weight excluding hydrogens is 280 g/mol. The molecule has 2 heterocycles. The number of rotatable bonds is 6. The summed E-state index contributed by atoms with van der Waals surface area (Å²) in [7, 11) is -2.90. The van der Waals surface area contributed by atoms with Gasteiger partial charge in [-0.2, -0.15) is 0 Å². The molecule has 0 saturated carbocycles. The van der Waals surface area contributed by atoms with Crippen LogP contribution in [0.15, 0.2) is 23.7 Å². The predicted molar refractivity (Wildman–Crippen MR) is 80.4 cm³/mol. The van der Waals surface area contributed by atoms with Crippen molar-refractivity contribution in [3.05, 3.63) is 29.3 Å². The van der Waals surface area contributed by atoms with Crippen molar-refractivity contribution in [3.8, 4) is 0 Å². The highest BCUT2D eigenvalue weighted by Crippen LogP contribution is 2.22. The highest BCUT2D eigenvalue weighted by molar-refractivity contribution is 7.91. The number of fused-ring (bicyclic) bond motifs is 1. The minimum atomic E-state index is -2.90. The molecule has 0 saturated heterocycles. The molecule has 6 heteroatoms. The number of nitrogens with one attached hydrogen (secondary N) is 1. The molecule has 104 valence electrons. The molecule has 1 N–H and O–H groups in total. The van der Waals surface area contributed by atoms with E-state index in [1.165, 1.54) is 0 Å². The van der Waals surface area contributed by atoms with Gasteiger partial charge in [0.1, 0.15) is 0 Å². The largest absolute Gasteiger partial charge is 0.309 e. The molecule has 19 heavy (non-hydrogen) atoms. The van der Waals surface area contributed by atoms with E-state index in [2.05, 4.69) is 16.4 Å². The molecule has 0 fully saturated rings. The topological polar surface area (TPSA) is 59.1 Å². The van der Waals surface area contributed by atoms with Crippen LogP contribution in [0, 0.1) is 0 Å². The van der Waals surface area contributed by atoms with Crippen LogP contribution in [0.3, 0.4) is 0 Å². The molecular formula is C13H18N2O2S2. The lowest BCUT2D eigenvalue weighted by Gasteiger charge is -2.13. The van der Waals surface area contributed by atoms with Crippen LogP contribution in [-0.4, -0.2) is 31.5 Å². The summed E-state index contributed by atoms with van der Waals surface area (Å²) < 4.78 is 24.0. The van der Waals surface area contributed by atoms with Crippen LogP contribution >= 0.6 is 11.3 Å². The Labute approximate surface area is 117 Å². The average molecular weight is 298 g/mol. The second-order valence-electron chi connectivity index (χ2n) is 4.48. The van der Waals surface area contributed by atoms with Gasteiger partial charge in [-0.25, -0.2) is 8.42 Å². The molecule has 2 rings (SSSR count). The molecule has 0 bridgehead atoms. The molecule has 0 spiro atoms. The maximum Gasteiger partial charge on any atom is 0.151 e. The van der Waals surface area contributed by atoms with E-state index in [1.807, 2.05) is 24.6 Å². The number of pyridine rings is 1. The smallest absolute Gasteiger partial charge is 0.151 e. The van der Waals surface area contributed by atoms with E-state index in [-0.39, 0.29) is 17.5 Å². The Hall–Kier alpha value is -0.980. The molecule has 0 aromatic carbocycles. The first-order chi connectivity index (χ1) is 9.02. The molecule has 2 aromatic rings. The van der Waals surface area contributed by atoms with Crippen molar-refractivity contribution in [2.45, 2.75) is 19.9 Å². The normalized spacial score (nSPS) is 13.8. The third-order valence-corrected chi connectivity index (χ3v) is 5.69. The molecule has 0 amide bonds. The van der Waals surface area contributed by atoms with E-state index in [0.717, 1.165) is 15.8 Å². The minimum absolute atomic E-state index is 0.103. The molecule has 0 radical (unpaired) electrons. The van der Waals surface area contributed by atoms with Crippen molar-refractivity contribution in [3.63, 3.8) is 0 Å². The average Bonchev–Trinajstić information content (AvgIpc) is 2.85. The quantitative estimate of drug-likeness (QED) is 0.889. The maximum atomic E-state index is 11.4. The van der Waals surface area contributed by atoms with Gasteiger partial charge in [-0.15, -0.1) is 11.3 Å². The van der Waals surface area contributed by atoms with Gasteiger partial charge in [-0.05, 0) is 30.0 Å². The summed E-state index contributed by atoms with van der Waals surface area (Å²) in [5.74, 6) is 0.383. The van der Waals surface area contributed by atoms with Gasteiger partial charge in [0.25, 0.3) is 0 Å². The van der Waals surface area contributed by atoms with E-state index >= 15 is 0 Å². The third kappa shape index (κ3) is 3.75. The summed E-state index contributed by atoms with van der Waals surface area (Å²) >= 11 is 1.66. The van der Waals surface area contributed by atoms with E-state index in [0.29, 0.717) is 6.54 Å². The first kappa shape index (κ1) is 14.4. The van der Waals surface area contributed by atoms with Crippen molar-refractivity contribution in [1.29, 1.82) is 0 Å². The van der Waals surface area contributed by atoms with Crippen molar-refractivity contribution in [2.75, 3.05) is 18.1 Å². The summed E-state index contributed by atoms with van der Waals surface area (Å²) in [6, 6.07) is 4.21. The Morgan fingerprint density at radius 1 is 1.47 bits per heavy atom. The molecule has 4 nitrogen and oxygen atoms in total. The van der Waals surface area contributed by atoms with E-state index in [9.17, 15) is 8.42 Å². The Morgan fingerprint density at radius 3 is 3.00 bits per heavy atom. The second kappa shape index (κ2) is 5.98. The first-order valence-electron chi connectivity index (χ1n) is 6.29. The monoisotopic (exact) mass is 298 g/mol. The SMILES string of the molecule is CCS(=O)(=O)CCNC(C)c1cnc2ccsc2c1. The Kier molecular flexibility index (Phi) is 4.54. The Morgan fingerprint density at radius 2 is 2.26 bits per heavy atom. The Bertz CT molecular complexity index is 649. The fourth-order valence-corrected chi connectivity index (χ4v) is 3.30. The minimum Gasteiger partial charge on any atom is -0.309 e. The fourth-order valence-electron chi connectivity index (χ4n) is 1.79. The highest BCUT2D eigenvalue weighted by Gasteiger charge is 2.10. The Balaban J connectivity index is 1.97. The second-order valence-corrected chi connectivity index (χ2v) is 7.91. The first-order valence-corrected chi connectivity index (χ1v) is 8.99.